The summed E-state index contributed by atoms with van der Waals surface area (Å²) >= 11 is 1.87. The number of hydrogen-bond acceptors (Lipinski definition) is 3. The molecule has 0 saturated heterocycles. The number of carbonyl (C=O) groups is 1. The van der Waals surface area contributed by atoms with Crippen LogP contribution in [-0.4, -0.2) is 29.0 Å². The van der Waals surface area contributed by atoms with Gasteiger partial charge in [-0.25, -0.2) is 0 Å². The minimum absolute atomic E-state index is 0.100. The first-order chi connectivity index (χ1) is 8.15. The van der Waals surface area contributed by atoms with Gasteiger partial charge in [-0.2, -0.15) is 11.8 Å². The number of carbonyl (C=O) groups excluding carboxylic acids is 1. The lowest BCUT2D eigenvalue weighted by molar-refractivity contribution is -0.128. The molecule has 98 valence electrons. The van der Waals surface area contributed by atoms with Crippen LogP contribution in [0.25, 0.3) is 0 Å². The lowest BCUT2D eigenvalue weighted by Gasteiger charge is -2.33. The van der Waals surface area contributed by atoms with Gasteiger partial charge in [0, 0.05) is 11.3 Å². The van der Waals surface area contributed by atoms with E-state index in [9.17, 15) is 4.79 Å². The Morgan fingerprint density at radius 3 is 2.59 bits per heavy atom. The predicted molar refractivity (Wildman–Crippen MR) is 73.1 cm³/mol. The molecular weight excluding hydrogens is 232 g/mol. The number of thioether (sulfide) groups is 1. The van der Waals surface area contributed by atoms with Crippen molar-refractivity contribution in [2.45, 2.75) is 68.2 Å². The fourth-order valence-electron chi connectivity index (χ4n) is 3.10. The van der Waals surface area contributed by atoms with Gasteiger partial charge in [0.05, 0.1) is 5.54 Å². The van der Waals surface area contributed by atoms with Crippen LogP contribution < -0.4 is 11.1 Å². The van der Waals surface area contributed by atoms with Crippen molar-refractivity contribution in [3.63, 3.8) is 0 Å². The smallest absolute Gasteiger partial charge is 0.240 e. The minimum Gasteiger partial charge on any atom is -0.351 e. The Balaban J connectivity index is 1.91. The quantitative estimate of drug-likeness (QED) is 0.812. The summed E-state index contributed by atoms with van der Waals surface area (Å²) in [7, 11) is 0. The van der Waals surface area contributed by atoms with E-state index in [2.05, 4.69) is 11.6 Å². The van der Waals surface area contributed by atoms with Crippen LogP contribution in [0.15, 0.2) is 0 Å². The third-order valence-electron chi connectivity index (χ3n) is 4.27. The number of nitrogens with one attached hydrogen (secondary N) is 1. The second-order valence-corrected chi connectivity index (χ2v) is 6.58. The van der Waals surface area contributed by atoms with E-state index in [4.69, 9.17) is 5.73 Å². The summed E-state index contributed by atoms with van der Waals surface area (Å²) in [5.74, 6) is 0.100. The molecule has 2 fully saturated rings. The molecule has 2 aliphatic rings. The molecule has 0 bridgehead atoms. The van der Waals surface area contributed by atoms with Gasteiger partial charge in [-0.3, -0.25) is 4.79 Å². The van der Waals surface area contributed by atoms with Crippen LogP contribution in [0.3, 0.4) is 0 Å². The lowest BCUT2D eigenvalue weighted by Crippen LogP contribution is -2.57. The zero-order valence-electron chi connectivity index (χ0n) is 10.7. The van der Waals surface area contributed by atoms with Gasteiger partial charge in [0.25, 0.3) is 0 Å². The van der Waals surface area contributed by atoms with E-state index in [0.717, 1.165) is 32.1 Å². The van der Waals surface area contributed by atoms with Crippen LogP contribution >= 0.6 is 11.8 Å². The molecule has 2 saturated carbocycles. The van der Waals surface area contributed by atoms with E-state index in [1.807, 2.05) is 11.8 Å². The molecule has 0 spiro atoms. The Bertz CT molecular complexity index is 277. The number of nitrogens with two attached hydrogens (primary N) is 1. The molecule has 0 aromatic rings. The Morgan fingerprint density at radius 1 is 1.24 bits per heavy atom. The zero-order valence-corrected chi connectivity index (χ0v) is 11.5. The average Bonchev–Trinajstić information content (AvgIpc) is 2.77. The maximum absolute atomic E-state index is 12.3. The topological polar surface area (TPSA) is 55.1 Å². The van der Waals surface area contributed by atoms with Gasteiger partial charge >= 0.3 is 0 Å². The Kier molecular flexibility index (Phi) is 4.36. The highest BCUT2D eigenvalue weighted by molar-refractivity contribution is 7.99. The highest BCUT2D eigenvalue weighted by Gasteiger charge is 2.38. The summed E-state index contributed by atoms with van der Waals surface area (Å²) in [6, 6.07) is 0.347. The number of hydrogen-bond donors (Lipinski definition) is 2. The fraction of sp³-hybridized carbons (Fsp3) is 0.923. The Hall–Kier alpha value is -0.220. The minimum atomic E-state index is -0.580. The van der Waals surface area contributed by atoms with E-state index in [1.54, 1.807) is 0 Å². The van der Waals surface area contributed by atoms with E-state index < -0.39 is 5.54 Å². The SMILES string of the molecule is CSC1CCCC1NC(=O)C1(N)CCCCC1. The zero-order chi connectivity index (χ0) is 12.3. The molecule has 0 heterocycles. The van der Waals surface area contributed by atoms with Crippen molar-refractivity contribution in [2.75, 3.05) is 6.26 Å². The first kappa shape index (κ1) is 13.2. The van der Waals surface area contributed by atoms with Gasteiger partial charge in [0.15, 0.2) is 0 Å². The average molecular weight is 256 g/mol. The van der Waals surface area contributed by atoms with Crippen molar-refractivity contribution in [3.8, 4) is 0 Å². The molecule has 2 atom stereocenters. The standard InChI is InChI=1S/C13H24N2OS/c1-17-11-7-5-6-10(11)15-12(16)13(14)8-3-2-4-9-13/h10-11H,2-9,14H2,1H3,(H,15,16). The molecule has 3 nitrogen and oxygen atoms in total. The van der Waals surface area contributed by atoms with Crippen LogP contribution in [0.1, 0.15) is 51.4 Å². The van der Waals surface area contributed by atoms with Crippen molar-refractivity contribution < 1.29 is 4.79 Å². The summed E-state index contributed by atoms with van der Waals surface area (Å²) in [5.41, 5.74) is 5.67. The molecule has 2 aliphatic carbocycles. The first-order valence-electron chi connectivity index (χ1n) is 6.78. The third kappa shape index (κ3) is 2.97. The van der Waals surface area contributed by atoms with Gasteiger partial charge in [0.2, 0.25) is 5.91 Å². The van der Waals surface area contributed by atoms with Crippen molar-refractivity contribution >= 4 is 17.7 Å². The molecule has 0 aromatic carbocycles. The molecule has 2 rings (SSSR count). The van der Waals surface area contributed by atoms with Crippen molar-refractivity contribution in [1.29, 1.82) is 0 Å². The highest BCUT2D eigenvalue weighted by Crippen LogP contribution is 2.30. The van der Waals surface area contributed by atoms with Gasteiger partial charge < -0.3 is 11.1 Å². The van der Waals surface area contributed by atoms with E-state index in [1.165, 1.54) is 19.3 Å². The highest BCUT2D eigenvalue weighted by atomic mass is 32.2. The Labute approximate surface area is 108 Å². The van der Waals surface area contributed by atoms with Crippen LogP contribution in [0.4, 0.5) is 0 Å². The summed E-state index contributed by atoms with van der Waals surface area (Å²) in [6.07, 6.45) is 10.8. The van der Waals surface area contributed by atoms with E-state index in [-0.39, 0.29) is 5.91 Å². The lowest BCUT2D eigenvalue weighted by atomic mass is 9.81. The second-order valence-electron chi connectivity index (χ2n) is 5.50. The normalized spacial score (nSPS) is 32.4. The molecular formula is C13H24N2OS. The van der Waals surface area contributed by atoms with Crippen LogP contribution in [0, 0.1) is 0 Å². The van der Waals surface area contributed by atoms with Crippen LogP contribution in [-0.2, 0) is 4.79 Å². The van der Waals surface area contributed by atoms with Crippen LogP contribution in [0.5, 0.6) is 0 Å². The number of amides is 1. The maximum atomic E-state index is 12.3. The first-order valence-corrected chi connectivity index (χ1v) is 8.07. The molecule has 17 heavy (non-hydrogen) atoms. The number of rotatable bonds is 3. The summed E-state index contributed by atoms with van der Waals surface area (Å²) < 4.78 is 0. The maximum Gasteiger partial charge on any atom is 0.240 e. The molecule has 1 amide bonds. The summed E-state index contributed by atoms with van der Waals surface area (Å²) in [4.78, 5) is 12.3. The van der Waals surface area contributed by atoms with Gasteiger partial charge in [-0.05, 0) is 31.9 Å². The second kappa shape index (κ2) is 5.61. The summed E-state index contributed by atoms with van der Waals surface area (Å²) in [5, 5.41) is 3.79. The molecule has 0 aromatic heterocycles. The fourth-order valence-corrected chi connectivity index (χ4v) is 4.03. The molecule has 3 N–H and O–H groups in total. The van der Waals surface area contributed by atoms with E-state index >= 15 is 0 Å². The van der Waals surface area contributed by atoms with Crippen molar-refractivity contribution in [2.24, 2.45) is 5.73 Å². The van der Waals surface area contributed by atoms with Crippen molar-refractivity contribution in [1.82, 2.24) is 5.32 Å². The van der Waals surface area contributed by atoms with Gasteiger partial charge in [-0.15, -0.1) is 0 Å². The van der Waals surface area contributed by atoms with Crippen molar-refractivity contribution in [3.05, 3.63) is 0 Å². The molecule has 0 radical (unpaired) electrons. The third-order valence-corrected chi connectivity index (χ3v) is 5.44. The monoisotopic (exact) mass is 256 g/mol. The predicted octanol–water partition coefficient (Wildman–Crippen LogP) is 2.05. The Morgan fingerprint density at radius 2 is 1.94 bits per heavy atom. The van der Waals surface area contributed by atoms with Gasteiger partial charge in [0.1, 0.15) is 0 Å². The molecule has 2 unspecified atom stereocenters. The molecule has 0 aliphatic heterocycles. The van der Waals surface area contributed by atoms with Gasteiger partial charge in [-0.1, -0.05) is 25.7 Å². The molecule has 4 heteroatoms. The van der Waals surface area contributed by atoms with Crippen LogP contribution in [0.2, 0.25) is 0 Å². The van der Waals surface area contributed by atoms with E-state index in [0.29, 0.717) is 11.3 Å². The largest absolute Gasteiger partial charge is 0.351 e. The summed E-state index contributed by atoms with van der Waals surface area (Å²) in [6.45, 7) is 0.